The molecule has 3 aromatic heterocycles. The molecule has 4 aromatic rings. The van der Waals surface area contributed by atoms with Gasteiger partial charge in [-0.1, -0.05) is 30.6 Å². The Morgan fingerprint density at radius 3 is 2.62 bits per heavy atom. The lowest BCUT2D eigenvalue weighted by Crippen LogP contribution is -2.21. The van der Waals surface area contributed by atoms with Crippen molar-refractivity contribution in [2.24, 2.45) is 0 Å². The van der Waals surface area contributed by atoms with Gasteiger partial charge in [-0.25, -0.2) is 4.98 Å². The first-order chi connectivity index (χ1) is 14.3. The van der Waals surface area contributed by atoms with Crippen LogP contribution in [-0.4, -0.2) is 26.0 Å². The van der Waals surface area contributed by atoms with Crippen molar-refractivity contribution in [1.82, 2.24) is 19.9 Å². The van der Waals surface area contributed by atoms with E-state index in [0.717, 1.165) is 26.8 Å². The van der Waals surface area contributed by atoms with Crippen molar-refractivity contribution in [3.05, 3.63) is 55.1 Å². The summed E-state index contributed by atoms with van der Waals surface area (Å²) in [6.45, 7) is 0. The van der Waals surface area contributed by atoms with Gasteiger partial charge >= 0.3 is 0 Å². The van der Waals surface area contributed by atoms with Crippen LogP contribution in [0.15, 0.2) is 55.1 Å². The van der Waals surface area contributed by atoms with Crippen LogP contribution in [0.4, 0.5) is 5.13 Å². The zero-order valence-electron chi connectivity index (χ0n) is 15.9. The van der Waals surface area contributed by atoms with E-state index in [4.69, 9.17) is 9.72 Å². The maximum Gasteiger partial charge on any atom is 0.184 e. The molecule has 0 aliphatic heterocycles. The molecule has 0 bridgehead atoms. The van der Waals surface area contributed by atoms with Gasteiger partial charge in [0.1, 0.15) is 17.2 Å². The zero-order valence-corrected chi connectivity index (χ0v) is 16.7. The Bertz CT molecular complexity index is 1110. The largest absolute Gasteiger partial charge is 0.457 e. The number of benzene rings is 1. The summed E-state index contributed by atoms with van der Waals surface area (Å²) in [4.78, 5) is 17.5. The lowest BCUT2D eigenvalue weighted by atomic mass is 9.96. The van der Waals surface area contributed by atoms with Crippen LogP contribution in [0.2, 0.25) is 0 Å². The molecule has 0 radical (unpaired) electrons. The van der Waals surface area contributed by atoms with Gasteiger partial charge in [-0.15, -0.1) is 0 Å². The molecule has 5 rings (SSSR count). The summed E-state index contributed by atoms with van der Waals surface area (Å²) >= 11 is 1.68. The zero-order chi connectivity index (χ0) is 19.5. The number of rotatable bonds is 5. The van der Waals surface area contributed by atoms with Gasteiger partial charge in [-0.05, 0) is 31.0 Å². The Hall–Kier alpha value is -3.06. The van der Waals surface area contributed by atoms with E-state index in [1.165, 1.54) is 32.1 Å². The first kappa shape index (κ1) is 18.0. The van der Waals surface area contributed by atoms with Crippen LogP contribution in [0, 0.1) is 0 Å². The summed E-state index contributed by atoms with van der Waals surface area (Å²) in [5, 5.41) is 4.61. The highest BCUT2D eigenvalue weighted by molar-refractivity contribution is 7.22. The predicted molar refractivity (Wildman–Crippen MR) is 115 cm³/mol. The standard InChI is InChI=1S/C22H21N5OS/c1-2-4-15(5-3-1)26-22-27-18-7-6-16(13-21(18)29-22)28-17-8-9-24-19(12-17)20-14-23-10-11-25-20/h6-15H,1-5H2,(H,26,27). The molecule has 1 N–H and O–H groups in total. The van der Waals surface area contributed by atoms with Crippen LogP contribution in [0.3, 0.4) is 0 Å². The topological polar surface area (TPSA) is 72.8 Å². The van der Waals surface area contributed by atoms with Gasteiger partial charge in [0, 0.05) is 36.8 Å². The molecule has 0 saturated heterocycles. The summed E-state index contributed by atoms with van der Waals surface area (Å²) in [7, 11) is 0. The predicted octanol–water partition coefficient (Wildman–Crippen LogP) is 5.69. The molecule has 6 nitrogen and oxygen atoms in total. The van der Waals surface area contributed by atoms with Crippen molar-refractivity contribution in [3.8, 4) is 22.9 Å². The number of aromatic nitrogens is 4. The molecule has 0 unspecified atom stereocenters. The van der Waals surface area contributed by atoms with Crippen LogP contribution in [0.1, 0.15) is 32.1 Å². The number of nitrogens with zero attached hydrogens (tertiary/aromatic N) is 4. The number of hydrogen-bond acceptors (Lipinski definition) is 7. The van der Waals surface area contributed by atoms with E-state index < -0.39 is 0 Å². The van der Waals surface area contributed by atoms with E-state index in [1.807, 2.05) is 30.3 Å². The number of nitrogens with one attached hydrogen (secondary N) is 1. The monoisotopic (exact) mass is 403 g/mol. The summed E-state index contributed by atoms with van der Waals surface area (Å²) in [5.41, 5.74) is 2.44. The van der Waals surface area contributed by atoms with Gasteiger partial charge in [-0.3, -0.25) is 15.0 Å². The summed E-state index contributed by atoms with van der Waals surface area (Å²) in [6, 6.07) is 10.3. The molecule has 0 spiro atoms. The molecule has 0 amide bonds. The van der Waals surface area contributed by atoms with E-state index in [-0.39, 0.29) is 0 Å². The minimum absolute atomic E-state index is 0.552. The molecule has 7 heteroatoms. The lowest BCUT2D eigenvalue weighted by molar-refractivity contribution is 0.462. The molecule has 1 fully saturated rings. The highest BCUT2D eigenvalue weighted by atomic mass is 32.1. The van der Waals surface area contributed by atoms with Crippen molar-refractivity contribution < 1.29 is 4.74 Å². The van der Waals surface area contributed by atoms with Crippen molar-refractivity contribution in [2.75, 3.05) is 5.32 Å². The van der Waals surface area contributed by atoms with Gasteiger partial charge in [0.25, 0.3) is 0 Å². The van der Waals surface area contributed by atoms with E-state index in [0.29, 0.717) is 17.5 Å². The number of anilines is 1. The number of pyridine rings is 1. The molecular weight excluding hydrogens is 382 g/mol. The highest BCUT2D eigenvalue weighted by Crippen LogP contribution is 2.33. The van der Waals surface area contributed by atoms with Crippen molar-refractivity contribution in [1.29, 1.82) is 0 Å². The molecule has 1 aromatic carbocycles. The Kier molecular flexibility index (Phi) is 5.04. The minimum atomic E-state index is 0.552. The fraction of sp³-hybridized carbons (Fsp3) is 0.273. The first-order valence-electron chi connectivity index (χ1n) is 9.91. The number of thiazole rings is 1. The molecule has 3 heterocycles. The van der Waals surface area contributed by atoms with Crippen LogP contribution in [0.5, 0.6) is 11.5 Å². The number of hydrogen-bond donors (Lipinski definition) is 1. The van der Waals surface area contributed by atoms with Crippen molar-refractivity contribution >= 4 is 26.7 Å². The minimum Gasteiger partial charge on any atom is -0.457 e. The van der Waals surface area contributed by atoms with Crippen molar-refractivity contribution in [3.63, 3.8) is 0 Å². The van der Waals surface area contributed by atoms with E-state index in [1.54, 1.807) is 36.1 Å². The van der Waals surface area contributed by atoms with Crippen LogP contribution in [-0.2, 0) is 0 Å². The highest BCUT2D eigenvalue weighted by Gasteiger charge is 2.15. The normalized spacial score (nSPS) is 14.8. The average molecular weight is 404 g/mol. The molecule has 1 aliphatic rings. The third kappa shape index (κ3) is 4.19. The second-order valence-electron chi connectivity index (χ2n) is 7.20. The SMILES string of the molecule is c1cnc(-c2cc(Oc3ccc4nc(NC5CCCCC5)sc4c3)ccn2)cn1. The molecule has 29 heavy (non-hydrogen) atoms. The van der Waals surface area contributed by atoms with E-state index in [9.17, 15) is 0 Å². The molecule has 1 saturated carbocycles. The summed E-state index contributed by atoms with van der Waals surface area (Å²) in [6.07, 6.45) is 13.2. The Labute approximate surface area is 173 Å². The van der Waals surface area contributed by atoms with Gasteiger partial charge in [0.15, 0.2) is 5.13 Å². The molecule has 1 aliphatic carbocycles. The Balaban J connectivity index is 1.34. The van der Waals surface area contributed by atoms with Crippen LogP contribution >= 0.6 is 11.3 Å². The third-order valence-corrected chi connectivity index (χ3v) is 6.03. The smallest absolute Gasteiger partial charge is 0.184 e. The fourth-order valence-corrected chi connectivity index (χ4v) is 4.61. The Morgan fingerprint density at radius 2 is 1.76 bits per heavy atom. The Morgan fingerprint density at radius 1 is 0.897 bits per heavy atom. The maximum absolute atomic E-state index is 6.08. The van der Waals surface area contributed by atoms with Gasteiger partial charge in [-0.2, -0.15) is 0 Å². The average Bonchev–Trinajstić information content (AvgIpc) is 3.17. The lowest BCUT2D eigenvalue weighted by Gasteiger charge is -2.22. The summed E-state index contributed by atoms with van der Waals surface area (Å²) < 4.78 is 7.19. The van der Waals surface area contributed by atoms with E-state index >= 15 is 0 Å². The molecular formula is C22H21N5OS. The number of fused-ring (bicyclic) bond motifs is 1. The second-order valence-corrected chi connectivity index (χ2v) is 8.23. The number of ether oxygens (including phenoxy) is 1. The fourth-order valence-electron chi connectivity index (χ4n) is 3.63. The van der Waals surface area contributed by atoms with E-state index in [2.05, 4.69) is 20.3 Å². The van der Waals surface area contributed by atoms with Crippen molar-refractivity contribution in [2.45, 2.75) is 38.1 Å². The maximum atomic E-state index is 6.08. The summed E-state index contributed by atoms with van der Waals surface area (Å²) in [5.74, 6) is 1.49. The quantitative estimate of drug-likeness (QED) is 0.462. The molecule has 0 atom stereocenters. The second kappa shape index (κ2) is 8.13. The van der Waals surface area contributed by atoms with Gasteiger partial charge in [0.2, 0.25) is 0 Å². The third-order valence-electron chi connectivity index (χ3n) is 5.09. The van der Waals surface area contributed by atoms with Gasteiger partial charge in [0.05, 0.1) is 22.1 Å². The van der Waals surface area contributed by atoms with Crippen LogP contribution < -0.4 is 10.1 Å². The van der Waals surface area contributed by atoms with Crippen LogP contribution in [0.25, 0.3) is 21.6 Å². The van der Waals surface area contributed by atoms with Gasteiger partial charge < -0.3 is 10.1 Å². The molecule has 146 valence electrons. The first-order valence-corrected chi connectivity index (χ1v) is 10.7.